The minimum absolute atomic E-state index is 0.0244. The van der Waals surface area contributed by atoms with Crippen LogP contribution in [0.5, 0.6) is 5.75 Å². The molecule has 130 valence electrons. The van der Waals surface area contributed by atoms with Crippen LogP contribution in [0, 0.1) is 5.92 Å². The summed E-state index contributed by atoms with van der Waals surface area (Å²) in [6.45, 7) is 8.24. The second kappa shape index (κ2) is 7.99. The van der Waals surface area contributed by atoms with E-state index in [2.05, 4.69) is 23.7 Å². The Morgan fingerprint density at radius 1 is 1.33 bits per heavy atom. The maximum absolute atomic E-state index is 11.9. The van der Waals surface area contributed by atoms with Crippen molar-refractivity contribution in [3.05, 3.63) is 38.8 Å². The van der Waals surface area contributed by atoms with Gasteiger partial charge in [0.15, 0.2) is 0 Å². The van der Waals surface area contributed by atoms with Crippen LogP contribution in [-0.2, 0) is 6.54 Å². The number of piperidine rings is 1. The molecule has 1 atom stereocenters. The Morgan fingerprint density at radius 3 is 2.83 bits per heavy atom. The number of aromatic nitrogens is 1. The molecule has 2 aromatic rings. The van der Waals surface area contributed by atoms with Gasteiger partial charge in [0.2, 0.25) is 0 Å². The number of thiazole rings is 1. The van der Waals surface area contributed by atoms with Crippen molar-refractivity contribution >= 4 is 11.3 Å². The fraction of sp³-hybridized carbons (Fsp3) is 0.526. The van der Waals surface area contributed by atoms with Gasteiger partial charge in [-0.05, 0) is 61.6 Å². The van der Waals surface area contributed by atoms with Gasteiger partial charge in [0, 0.05) is 18.0 Å². The molecule has 0 saturated carbocycles. The monoisotopic (exact) mass is 346 g/mol. The molecule has 1 fully saturated rings. The molecule has 1 N–H and O–H groups in total. The molecule has 1 aliphatic heterocycles. The molecule has 2 heterocycles. The van der Waals surface area contributed by atoms with Gasteiger partial charge in [0.25, 0.3) is 0 Å². The van der Waals surface area contributed by atoms with Crippen LogP contribution >= 0.6 is 11.3 Å². The van der Waals surface area contributed by atoms with E-state index in [1.165, 1.54) is 24.2 Å². The van der Waals surface area contributed by atoms with E-state index in [1.54, 1.807) is 0 Å². The Bertz CT molecular complexity index is 705. The van der Waals surface area contributed by atoms with E-state index in [1.807, 2.05) is 24.3 Å². The fourth-order valence-electron chi connectivity index (χ4n) is 3.28. The van der Waals surface area contributed by atoms with Crippen molar-refractivity contribution < 1.29 is 4.74 Å². The van der Waals surface area contributed by atoms with Crippen molar-refractivity contribution in [2.24, 2.45) is 5.92 Å². The van der Waals surface area contributed by atoms with Gasteiger partial charge < -0.3 is 9.72 Å². The number of benzene rings is 1. The number of nitrogens with zero attached hydrogens (tertiary/aromatic N) is 1. The summed E-state index contributed by atoms with van der Waals surface area (Å²) in [5, 5.41) is 0. The van der Waals surface area contributed by atoms with E-state index < -0.39 is 0 Å². The van der Waals surface area contributed by atoms with Gasteiger partial charge in [0.1, 0.15) is 5.75 Å². The van der Waals surface area contributed by atoms with Gasteiger partial charge in [-0.25, -0.2) is 0 Å². The number of nitrogens with one attached hydrogen (secondary N) is 1. The minimum Gasteiger partial charge on any atom is -0.494 e. The van der Waals surface area contributed by atoms with Crippen LogP contribution in [0.15, 0.2) is 29.1 Å². The predicted molar refractivity (Wildman–Crippen MR) is 99.8 cm³/mol. The number of rotatable bonds is 6. The molecule has 0 bridgehead atoms. The zero-order valence-electron chi connectivity index (χ0n) is 14.5. The average Bonchev–Trinajstić information content (AvgIpc) is 2.94. The molecule has 5 heteroatoms. The number of aromatic amines is 1. The molecule has 0 radical (unpaired) electrons. The molecule has 0 amide bonds. The third-order valence-electron chi connectivity index (χ3n) is 4.45. The fourth-order valence-corrected chi connectivity index (χ4v) is 4.17. The summed E-state index contributed by atoms with van der Waals surface area (Å²) >= 11 is 1.34. The van der Waals surface area contributed by atoms with Crippen LogP contribution in [0.4, 0.5) is 0 Å². The van der Waals surface area contributed by atoms with Crippen molar-refractivity contribution in [1.29, 1.82) is 0 Å². The summed E-state index contributed by atoms with van der Waals surface area (Å²) in [5.74, 6) is 1.62. The highest BCUT2D eigenvalue weighted by molar-refractivity contribution is 7.09. The summed E-state index contributed by atoms with van der Waals surface area (Å²) in [6.07, 6.45) is 3.56. The molecule has 3 rings (SSSR count). The van der Waals surface area contributed by atoms with Crippen LogP contribution < -0.4 is 9.61 Å². The van der Waals surface area contributed by atoms with E-state index in [9.17, 15) is 4.79 Å². The number of likely N-dealkylation sites (tertiary alicyclic amines) is 1. The van der Waals surface area contributed by atoms with Crippen molar-refractivity contribution in [3.8, 4) is 17.0 Å². The smallest absolute Gasteiger partial charge is 0.305 e. The second-order valence-corrected chi connectivity index (χ2v) is 7.74. The first-order valence-corrected chi connectivity index (χ1v) is 9.65. The van der Waals surface area contributed by atoms with Crippen molar-refractivity contribution in [2.75, 3.05) is 19.7 Å². The molecule has 1 unspecified atom stereocenters. The topological polar surface area (TPSA) is 45.3 Å². The van der Waals surface area contributed by atoms with Crippen LogP contribution in [0.3, 0.4) is 0 Å². The lowest BCUT2D eigenvalue weighted by Crippen LogP contribution is -2.33. The summed E-state index contributed by atoms with van der Waals surface area (Å²) in [4.78, 5) is 18.6. The molecule has 4 nitrogen and oxygen atoms in total. The summed E-state index contributed by atoms with van der Waals surface area (Å²) in [7, 11) is 0. The minimum atomic E-state index is 0.0244. The SMILES string of the molecule is CCCOc1ccc(-c2[nH]c(=O)sc2CN2CCCC(C)C2)cc1. The molecule has 0 aliphatic carbocycles. The first-order chi connectivity index (χ1) is 11.7. The second-order valence-electron chi connectivity index (χ2n) is 6.67. The number of ether oxygens (including phenoxy) is 1. The van der Waals surface area contributed by atoms with Gasteiger partial charge in [-0.3, -0.25) is 9.69 Å². The Kier molecular flexibility index (Phi) is 5.74. The van der Waals surface area contributed by atoms with Crippen molar-refractivity contribution in [2.45, 2.75) is 39.7 Å². The molecule has 0 spiro atoms. The largest absolute Gasteiger partial charge is 0.494 e. The summed E-state index contributed by atoms with van der Waals surface area (Å²) in [5.41, 5.74) is 2.02. The van der Waals surface area contributed by atoms with E-state index in [-0.39, 0.29) is 4.87 Å². The normalized spacial score (nSPS) is 18.7. The lowest BCUT2D eigenvalue weighted by molar-refractivity contribution is 0.178. The summed E-state index contributed by atoms with van der Waals surface area (Å²) in [6, 6.07) is 8.03. The highest BCUT2D eigenvalue weighted by atomic mass is 32.1. The third-order valence-corrected chi connectivity index (χ3v) is 5.31. The number of hydrogen-bond donors (Lipinski definition) is 1. The van der Waals surface area contributed by atoms with Crippen molar-refractivity contribution in [3.63, 3.8) is 0 Å². The predicted octanol–water partition coefficient (Wildman–Crippen LogP) is 4.12. The van der Waals surface area contributed by atoms with Gasteiger partial charge in [0.05, 0.1) is 12.3 Å². The molecule has 1 aromatic heterocycles. The molecule has 24 heavy (non-hydrogen) atoms. The van der Waals surface area contributed by atoms with Gasteiger partial charge >= 0.3 is 4.87 Å². The average molecular weight is 346 g/mol. The first kappa shape index (κ1) is 17.2. The maximum atomic E-state index is 11.9. The Balaban J connectivity index is 1.77. The Morgan fingerprint density at radius 2 is 2.12 bits per heavy atom. The lowest BCUT2D eigenvalue weighted by atomic mass is 10.00. The Hall–Kier alpha value is -1.59. The van der Waals surface area contributed by atoms with E-state index >= 15 is 0 Å². The van der Waals surface area contributed by atoms with Gasteiger partial charge in [-0.1, -0.05) is 25.2 Å². The molecule has 1 aromatic carbocycles. The highest BCUT2D eigenvalue weighted by Gasteiger charge is 2.19. The standard InChI is InChI=1S/C19H26N2O2S/c1-3-11-23-16-8-6-15(7-9-16)18-17(24-19(22)20-18)13-21-10-4-5-14(2)12-21/h6-9,14H,3-5,10-13H2,1-2H3,(H,20,22). The zero-order chi connectivity index (χ0) is 16.9. The number of H-pyrrole nitrogens is 1. The van der Waals surface area contributed by atoms with Crippen LogP contribution in [0.2, 0.25) is 0 Å². The Labute approximate surface area is 147 Å². The first-order valence-electron chi connectivity index (χ1n) is 8.83. The third kappa shape index (κ3) is 4.28. The molecular weight excluding hydrogens is 320 g/mol. The highest BCUT2D eigenvalue weighted by Crippen LogP contribution is 2.28. The maximum Gasteiger partial charge on any atom is 0.305 e. The van der Waals surface area contributed by atoms with Crippen LogP contribution in [0.1, 0.15) is 38.0 Å². The summed E-state index contributed by atoms with van der Waals surface area (Å²) < 4.78 is 5.64. The van der Waals surface area contributed by atoms with Gasteiger partial charge in [-0.15, -0.1) is 0 Å². The quantitative estimate of drug-likeness (QED) is 0.855. The molecule has 1 saturated heterocycles. The van der Waals surface area contributed by atoms with Crippen LogP contribution in [0.25, 0.3) is 11.3 Å². The van der Waals surface area contributed by atoms with Crippen LogP contribution in [-0.4, -0.2) is 29.6 Å². The van der Waals surface area contributed by atoms with E-state index in [0.29, 0.717) is 0 Å². The molecule has 1 aliphatic rings. The van der Waals surface area contributed by atoms with E-state index in [4.69, 9.17) is 4.74 Å². The van der Waals surface area contributed by atoms with Crippen molar-refractivity contribution in [1.82, 2.24) is 9.88 Å². The van der Waals surface area contributed by atoms with Gasteiger partial charge in [-0.2, -0.15) is 0 Å². The zero-order valence-corrected chi connectivity index (χ0v) is 15.3. The molecular formula is C19H26N2O2S. The number of hydrogen-bond acceptors (Lipinski definition) is 4. The lowest BCUT2D eigenvalue weighted by Gasteiger charge is -2.30. The van der Waals surface area contributed by atoms with E-state index in [0.717, 1.165) is 60.5 Å².